The summed E-state index contributed by atoms with van der Waals surface area (Å²) in [5.41, 5.74) is 4.64. The molecule has 0 fully saturated rings. The standard InChI is InChI=1S/C19H19FN2O5S/c1-12(27-14-4-2-13(20)3-5-14)19(24)22-21-18(23)11-28-15-6-7-16-17(10-15)26-9-8-25-16/h2-7,10,12H,8-9,11H2,1H3,(H,21,23)(H,22,24). The van der Waals surface area contributed by atoms with Gasteiger partial charge in [-0.3, -0.25) is 20.4 Å². The molecule has 0 radical (unpaired) electrons. The molecule has 0 aromatic heterocycles. The van der Waals surface area contributed by atoms with Crippen LogP contribution in [0.3, 0.4) is 0 Å². The van der Waals surface area contributed by atoms with Gasteiger partial charge in [0, 0.05) is 4.90 Å². The van der Waals surface area contributed by atoms with Gasteiger partial charge in [-0.15, -0.1) is 11.8 Å². The monoisotopic (exact) mass is 406 g/mol. The zero-order chi connectivity index (χ0) is 19.9. The first-order valence-electron chi connectivity index (χ1n) is 8.54. The van der Waals surface area contributed by atoms with Crippen molar-refractivity contribution >= 4 is 23.6 Å². The Balaban J connectivity index is 1.41. The molecule has 1 heterocycles. The summed E-state index contributed by atoms with van der Waals surface area (Å²) in [6.45, 7) is 2.53. The van der Waals surface area contributed by atoms with E-state index < -0.39 is 17.8 Å². The maximum atomic E-state index is 12.9. The summed E-state index contributed by atoms with van der Waals surface area (Å²) in [6.07, 6.45) is -0.865. The molecule has 2 N–H and O–H groups in total. The second kappa shape index (κ2) is 9.32. The summed E-state index contributed by atoms with van der Waals surface area (Å²) in [6, 6.07) is 10.7. The number of carbonyl (C=O) groups excluding carboxylic acids is 2. The van der Waals surface area contributed by atoms with Crippen LogP contribution in [-0.4, -0.2) is 36.9 Å². The van der Waals surface area contributed by atoms with Crippen molar-refractivity contribution in [3.05, 3.63) is 48.3 Å². The fourth-order valence-corrected chi connectivity index (χ4v) is 3.03. The molecule has 0 aliphatic carbocycles. The van der Waals surface area contributed by atoms with Crippen molar-refractivity contribution < 1.29 is 28.2 Å². The molecule has 7 nitrogen and oxygen atoms in total. The van der Waals surface area contributed by atoms with Gasteiger partial charge >= 0.3 is 0 Å². The minimum Gasteiger partial charge on any atom is -0.486 e. The van der Waals surface area contributed by atoms with E-state index in [0.29, 0.717) is 30.5 Å². The SMILES string of the molecule is CC(Oc1ccc(F)cc1)C(=O)NNC(=O)CSc1ccc2c(c1)OCCO2. The van der Waals surface area contributed by atoms with Crippen molar-refractivity contribution in [2.75, 3.05) is 19.0 Å². The quantitative estimate of drug-likeness (QED) is 0.566. The molecule has 0 spiro atoms. The molecule has 1 aliphatic heterocycles. The third kappa shape index (κ3) is 5.53. The van der Waals surface area contributed by atoms with E-state index in [4.69, 9.17) is 14.2 Å². The minimum atomic E-state index is -0.865. The van der Waals surface area contributed by atoms with Gasteiger partial charge in [0.2, 0.25) is 5.91 Å². The van der Waals surface area contributed by atoms with Gasteiger partial charge in [0.15, 0.2) is 17.6 Å². The van der Waals surface area contributed by atoms with E-state index in [9.17, 15) is 14.0 Å². The zero-order valence-corrected chi connectivity index (χ0v) is 15.9. The van der Waals surface area contributed by atoms with E-state index in [0.717, 1.165) is 4.90 Å². The Bertz CT molecular complexity index is 847. The molecule has 9 heteroatoms. The largest absolute Gasteiger partial charge is 0.486 e. The van der Waals surface area contributed by atoms with Crippen LogP contribution in [0.4, 0.5) is 4.39 Å². The summed E-state index contributed by atoms with van der Waals surface area (Å²) < 4.78 is 29.2. The third-order valence-electron chi connectivity index (χ3n) is 3.70. The molecule has 2 amide bonds. The lowest BCUT2D eigenvalue weighted by Crippen LogP contribution is -2.47. The highest BCUT2D eigenvalue weighted by Gasteiger charge is 2.16. The van der Waals surface area contributed by atoms with Crippen LogP contribution in [0.2, 0.25) is 0 Å². The second-order valence-electron chi connectivity index (χ2n) is 5.85. The number of amides is 2. The van der Waals surface area contributed by atoms with Gasteiger partial charge in [-0.1, -0.05) is 0 Å². The Labute approximate surface area is 165 Å². The normalized spacial score (nSPS) is 13.4. The highest BCUT2D eigenvalue weighted by Crippen LogP contribution is 2.34. The van der Waals surface area contributed by atoms with Crippen LogP contribution < -0.4 is 25.1 Å². The summed E-state index contributed by atoms with van der Waals surface area (Å²) in [5.74, 6) is 0.493. The maximum Gasteiger partial charge on any atom is 0.279 e. The van der Waals surface area contributed by atoms with Crippen LogP contribution in [0.5, 0.6) is 17.2 Å². The highest BCUT2D eigenvalue weighted by molar-refractivity contribution is 8.00. The lowest BCUT2D eigenvalue weighted by atomic mass is 10.3. The second-order valence-corrected chi connectivity index (χ2v) is 6.89. The van der Waals surface area contributed by atoms with Crippen molar-refractivity contribution in [1.82, 2.24) is 10.9 Å². The molecule has 2 aromatic carbocycles. The van der Waals surface area contributed by atoms with E-state index in [1.807, 2.05) is 12.1 Å². The highest BCUT2D eigenvalue weighted by atomic mass is 32.2. The fraction of sp³-hybridized carbons (Fsp3) is 0.263. The molecular formula is C19H19FN2O5S. The predicted octanol–water partition coefficient (Wildman–Crippen LogP) is 2.30. The predicted molar refractivity (Wildman–Crippen MR) is 101 cm³/mol. The van der Waals surface area contributed by atoms with Gasteiger partial charge in [-0.2, -0.15) is 0 Å². The fourth-order valence-electron chi connectivity index (χ4n) is 2.30. The van der Waals surface area contributed by atoms with Crippen LogP contribution in [-0.2, 0) is 9.59 Å². The summed E-state index contributed by atoms with van der Waals surface area (Å²) in [7, 11) is 0. The number of rotatable bonds is 6. The number of nitrogens with one attached hydrogen (secondary N) is 2. The van der Waals surface area contributed by atoms with Gasteiger partial charge in [-0.25, -0.2) is 4.39 Å². The summed E-state index contributed by atoms with van der Waals surface area (Å²) in [4.78, 5) is 24.8. The van der Waals surface area contributed by atoms with Crippen molar-refractivity contribution in [2.45, 2.75) is 17.9 Å². The number of ether oxygens (including phenoxy) is 3. The average Bonchev–Trinajstić information content (AvgIpc) is 2.71. The van der Waals surface area contributed by atoms with E-state index in [1.54, 1.807) is 6.07 Å². The average molecular weight is 406 g/mol. The van der Waals surface area contributed by atoms with Crippen molar-refractivity contribution in [2.24, 2.45) is 0 Å². The number of halogens is 1. The van der Waals surface area contributed by atoms with Gasteiger partial charge in [0.1, 0.15) is 24.8 Å². The van der Waals surface area contributed by atoms with Crippen LogP contribution in [0, 0.1) is 5.82 Å². The van der Waals surface area contributed by atoms with Crippen molar-refractivity contribution in [3.8, 4) is 17.2 Å². The lowest BCUT2D eigenvalue weighted by molar-refractivity contribution is -0.131. The molecular weight excluding hydrogens is 387 g/mol. The van der Waals surface area contributed by atoms with E-state index in [2.05, 4.69) is 10.9 Å². The molecule has 148 valence electrons. The van der Waals surface area contributed by atoms with Crippen LogP contribution in [0.25, 0.3) is 0 Å². The van der Waals surface area contributed by atoms with Gasteiger partial charge in [0.25, 0.3) is 5.91 Å². The molecule has 0 saturated heterocycles. The van der Waals surface area contributed by atoms with E-state index >= 15 is 0 Å². The molecule has 1 unspecified atom stereocenters. The first-order valence-corrected chi connectivity index (χ1v) is 9.53. The molecule has 0 saturated carbocycles. The number of hydrogen-bond acceptors (Lipinski definition) is 6. The summed E-state index contributed by atoms with van der Waals surface area (Å²) >= 11 is 1.30. The Hall–Kier alpha value is -2.94. The van der Waals surface area contributed by atoms with Gasteiger partial charge in [-0.05, 0) is 49.4 Å². The Morgan fingerprint density at radius 2 is 1.82 bits per heavy atom. The lowest BCUT2D eigenvalue weighted by Gasteiger charge is -2.18. The number of thioether (sulfide) groups is 1. The Morgan fingerprint density at radius 3 is 2.57 bits per heavy atom. The Kier molecular flexibility index (Phi) is 6.59. The van der Waals surface area contributed by atoms with Gasteiger partial charge in [0.05, 0.1) is 5.75 Å². The minimum absolute atomic E-state index is 0.104. The number of carbonyl (C=O) groups is 2. The third-order valence-corrected chi connectivity index (χ3v) is 4.70. The number of fused-ring (bicyclic) bond motifs is 1. The maximum absolute atomic E-state index is 12.9. The number of benzene rings is 2. The first kappa shape index (κ1) is 19.8. The van der Waals surface area contributed by atoms with Crippen LogP contribution in [0.1, 0.15) is 6.92 Å². The van der Waals surface area contributed by atoms with Gasteiger partial charge < -0.3 is 14.2 Å². The van der Waals surface area contributed by atoms with Crippen LogP contribution in [0.15, 0.2) is 47.4 Å². The molecule has 0 bridgehead atoms. The molecule has 28 heavy (non-hydrogen) atoms. The summed E-state index contributed by atoms with van der Waals surface area (Å²) in [5, 5.41) is 0. The molecule has 3 rings (SSSR count). The molecule has 2 aromatic rings. The van der Waals surface area contributed by atoms with Crippen molar-refractivity contribution in [3.63, 3.8) is 0 Å². The molecule has 1 atom stereocenters. The van der Waals surface area contributed by atoms with E-state index in [-0.39, 0.29) is 11.7 Å². The first-order chi connectivity index (χ1) is 13.5. The zero-order valence-electron chi connectivity index (χ0n) is 15.1. The number of hydrogen-bond donors (Lipinski definition) is 2. The molecule has 1 aliphatic rings. The van der Waals surface area contributed by atoms with Crippen LogP contribution >= 0.6 is 11.8 Å². The number of hydrazine groups is 1. The smallest absolute Gasteiger partial charge is 0.279 e. The topological polar surface area (TPSA) is 85.9 Å². The van der Waals surface area contributed by atoms with E-state index in [1.165, 1.54) is 43.0 Å². The van der Waals surface area contributed by atoms with Crippen molar-refractivity contribution in [1.29, 1.82) is 0 Å². The Morgan fingerprint density at radius 1 is 1.11 bits per heavy atom.